The molecule has 0 spiro atoms. The van der Waals surface area contributed by atoms with Gasteiger partial charge in [-0.25, -0.2) is 0 Å². The first-order chi connectivity index (χ1) is 17.7. The second kappa shape index (κ2) is 16.3. The monoisotopic (exact) mass is 502 g/mol. The van der Waals surface area contributed by atoms with Crippen molar-refractivity contribution in [1.29, 1.82) is 0 Å². The molecule has 0 heterocycles. The molecule has 4 aliphatic carbocycles. The number of hydrogen-bond acceptors (Lipinski definition) is 0. The number of benzene rings is 2. The Labute approximate surface area is 263 Å². The molecule has 2 atom stereocenters. The van der Waals surface area contributed by atoms with E-state index in [0.717, 1.165) is 6.42 Å². The number of fused-ring (bicyclic) bond motifs is 2. The van der Waals surface area contributed by atoms with Gasteiger partial charge in [-0.3, -0.25) is 0 Å². The van der Waals surface area contributed by atoms with Crippen LogP contribution in [0.3, 0.4) is 0 Å². The van der Waals surface area contributed by atoms with Gasteiger partial charge in [0, 0.05) is 17.9 Å². The maximum absolute atomic E-state index is 3.60. The van der Waals surface area contributed by atoms with Crippen LogP contribution < -0.4 is 37.7 Å². The first-order valence-electron chi connectivity index (χ1n) is 13.7. The molecule has 2 aromatic carbocycles. The third-order valence-corrected chi connectivity index (χ3v) is 7.38. The summed E-state index contributed by atoms with van der Waals surface area (Å²) in [5.74, 6) is 1.23. The Morgan fingerprint density at radius 1 is 0.795 bits per heavy atom. The molecule has 39 heavy (non-hydrogen) atoms. The molecule has 2 aromatic rings. The van der Waals surface area contributed by atoms with E-state index in [1.807, 2.05) is 6.08 Å². The van der Waals surface area contributed by atoms with E-state index in [9.17, 15) is 0 Å². The molecule has 0 aliphatic heterocycles. The Balaban J connectivity index is 0.000000267. The Bertz CT molecular complexity index is 1200. The zero-order chi connectivity index (χ0) is 27.0. The quantitative estimate of drug-likeness (QED) is 0.386. The van der Waals surface area contributed by atoms with Crippen LogP contribution in [-0.4, -0.2) is 0 Å². The van der Waals surface area contributed by atoms with Crippen molar-refractivity contribution in [1.82, 2.24) is 0 Å². The molecule has 0 nitrogen and oxygen atoms in total. The van der Waals surface area contributed by atoms with Gasteiger partial charge >= 0.3 is 37.7 Å². The van der Waals surface area contributed by atoms with Gasteiger partial charge in [-0.2, -0.15) is 6.42 Å². The van der Waals surface area contributed by atoms with Gasteiger partial charge in [-0.05, 0) is 67.2 Å². The predicted molar refractivity (Wildman–Crippen MR) is 164 cm³/mol. The topological polar surface area (TPSA) is 0 Å². The van der Waals surface area contributed by atoms with E-state index >= 15 is 0 Å². The van der Waals surface area contributed by atoms with Crippen LogP contribution in [0.25, 0.3) is 11.1 Å². The summed E-state index contributed by atoms with van der Waals surface area (Å²) in [6, 6.07) is 17.3. The molecule has 0 N–H and O–H groups in total. The molecule has 192 valence electrons. The SMILES string of the molecule is CC1(C)C=CC2=C1C=[C+]C=C2.CC1=CC(C)c2ccccc21.CC1=CC(C)c2ccccc21.[CH2-]CCC.[Li+].[Li+]. The van der Waals surface area contributed by atoms with Gasteiger partial charge in [0.2, 0.25) is 0 Å². The van der Waals surface area contributed by atoms with Crippen LogP contribution in [0.4, 0.5) is 0 Å². The molecule has 0 saturated heterocycles. The second-order valence-electron chi connectivity index (χ2n) is 10.9. The standard InChI is InChI=1S/C11H11.2C11H12.C4H9.2Li/c1-11(2)8-7-9-5-3-4-6-10(9)11;2*1-8-7-9(2)11-6-4-3-5-10(8)11;1-3-4-2;;/h3,5-8H,1-2H3;2*3-8H,1-2H3;1,3-4H2,2H3;;/q+1;;;-1;2*+1. The van der Waals surface area contributed by atoms with Gasteiger partial charge in [0.1, 0.15) is 12.2 Å². The number of hydrogen-bond donors (Lipinski definition) is 0. The summed E-state index contributed by atoms with van der Waals surface area (Å²) in [6.45, 7) is 19.0. The zero-order valence-electron chi connectivity index (χ0n) is 25.9. The van der Waals surface area contributed by atoms with E-state index in [1.165, 1.54) is 51.0 Å². The fourth-order valence-electron chi connectivity index (χ4n) is 5.15. The van der Waals surface area contributed by atoms with E-state index in [0.29, 0.717) is 11.8 Å². The van der Waals surface area contributed by atoms with Gasteiger partial charge in [-0.1, -0.05) is 94.0 Å². The molecule has 0 radical (unpaired) electrons. The van der Waals surface area contributed by atoms with Crippen LogP contribution in [0.1, 0.15) is 95.4 Å². The molecule has 0 saturated carbocycles. The van der Waals surface area contributed by atoms with Crippen LogP contribution in [0.15, 0.2) is 102 Å². The van der Waals surface area contributed by atoms with Crippen LogP contribution in [0.2, 0.25) is 0 Å². The van der Waals surface area contributed by atoms with Crippen molar-refractivity contribution in [3.05, 3.63) is 137 Å². The fourth-order valence-corrected chi connectivity index (χ4v) is 5.15. The molecular formula is C37H44Li2+2. The summed E-state index contributed by atoms with van der Waals surface area (Å²) >= 11 is 0. The molecule has 0 bridgehead atoms. The Kier molecular flexibility index (Phi) is 14.6. The fraction of sp³-hybridized carbons (Fsp3) is 0.324. The largest absolute Gasteiger partial charge is 1.00 e. The smallest absolute Gasteiger partial charge is 0.343 e. The Hall–Kier alpha value is -2.02. The minimum Gasteiger partial charge on any atom is -0.343 e. The average Bonchev–Trinajstić information content (AvgIpc) is 3.50. The molecule has 0 amide bonds. The minimum atomic E-state index is 0. The van der Waals surface area contributed by atoms with Gasteiger partial charge in [0.05, 0.1) is 22.6 Å². The maximum atomic E-state index is 3.60. The predicted octanol–water partition coefficient (Wildman–Crippen LogP) is 4.85. The number of unbranched alkanes of at least 4 members (excludes halogenated alkanes) is 1. The molecule has 0 fully saturated rings. The molecular weight excluding hydrogens is 458 g/mol. The summed E-state index contributed by atoms with van der Waals surface area (Å²) in [5, 5.41) is 0. The van der Waals surface area contributed by atoms with Crippen molar-refractivity contribution in [2.24, 2.45) is 5.41 Å². The van der Waals surface area contributed by atoms with Crippen molar-refractivity contribution in [2.45, 2.75) is 73.1 Å². The maximum Gasteiger partial charge on any atom is 1.00 e. The van der Waals surface area contributed by atoms with Crippen molar-refractivity contribution in [2.75, 3.05) is 0 Å². The summed E-state index contributed by atoms with van der Waals surface area (Å²) in [6.07, 6.45) is 20.6. The van der Waals surface area contributed by atoms with Crippen molar-refractivity contribution < 1.29 is 37.7 Å². The van der Waals surface area contributed by atoms with Crippen LogP contribution in [-0.2, 0) is 0 Å². The molecule has 2 unspecified atom stereocenters. The number of allylic oxidation sites excluding steroid dienone is 12. The van der Waals surface area contributed by atoms with Crippen LogP contribution >= 0.6 is 0 Å². The third kappa shape index (κ3) is 8.99. The normalized spacial score (nSPS) is 19.5. The third-order valence-electron chi connectivity index (χ3n) is 7.38. The van der Waals surface area contributed by atoms with Crippen molar-refractivity contribution >= 4 is 11.1 Å². The van der Waals surface area contributed by atoms with Gasteiger partial charge in [0.25, 0.3) is 0 Å². The van der Waals surface area contributed by atoms with E-state index in [2.05, 4.69) is 146 Å². The van der Waals surface area contributed by atoms with Crippen molar-refractivity contribution in [3.63, 3.8) is 0 Å². The molecule has 4 aliphatic rings. The van der Waals surface area contributed by atoms with Gasteiger partial charge in [-0.15, -0.1) is 0 Å². The molecule has 2 heteroatoms. The molecule has 6 rings (SSSR count). The second-order valence-corrected chi connectivity index (χ2v) is 10.9. The summed E-state index contributed by atoms with van der Waals surface area (Å²) in [5.41, 5.74) is 11.6. The zero-order valence-corrected chi connectivity index (χ0v) is 25.9. The minimum absolute atomic E-state index is 0. The van der Waals surface area contributed by atoms with Gasteiger partial charge in [0.15, 0.2) is 0 Å². The first kappa shape index (κ1) is 35.0. The van der Waals surface area contributed by atoms with Crippen LogP contribution in [0.5, 0.6) is 0 Å². The van der Waals surface area contributed by atoms with Gasteiger partial charge < -0.3 is 6.92 Å². The summed E-state index contributed by atoms with van der Waals surface area (Å²) in [7, 11) is 0. The Morgan fingerprint density at radius 2 is 1.26 bits per heavy atom. The summed E-state index contributed by atoms with van der Waals surface area (Å²) < 4.78 is 0. The van der Waals surface area contributed by atoms with E-state index < -0.39 is 0 Å². The van der Waals surface area contributed by atoms with E-state index in [-0.39, 0.29) is 43.1 Å². The number of rotatable bonds is 1. The first-order valence-corrected chi connectivity index (χ1v) is 13.7. The molecule has 0 aromatic heterocycles. The van der Waals surface area contributed by atoms with E-state index in [1.54, 1.807) is 0 Å². The summed E-state index contributed by atoms with van der Waals surface area (Å²) in [4.78, 5) is 0. The Morgan fingerprint density at radius 3 is 1.67 bits per heavy atom. The van der Waals surface area contributed by atoms with Crippen molar-refractivity contribution in [3.8, 4) is 0 Å². The van der Waals surface area contributed by atoms with Crippen LogP contribution in [0, 0.1) is 18.4 Å². The van der Waals surface area contributed by atoms with E-state index in [4.69, 9.17) is 0 Å². The average molecular weight is 503 g/mol.